The molecule has 0 saturated carbocycles. The molecule has 0 saturated heterocycles. The van der Waals surface area contributed by atoms with E-state index >= 15 is 0 Å². The van der Waals surface area contributed by atoms with Crippen LogP contribution in [0.5, 0.6) is 11.5 Å². The molecule has 8 heteroatoms. The summed E-state index contributed by atoms with van der Waals surface area (Å²) in [7, 11) is 0. The van der Waals surface area contributed by atoms with Gasteiger partial charge in [0.15, 0.2) is 6.61 Å². The van der Waals surface area contributed by atoms with Gasteiger partial charge >= 0.3 is 5.97 Å². The molecule has 0 aliphatic rings. The summed E-state index contributed by atoms with van der Waals surface area (Å²) in [5, 5.41) is 6.53. The predicted molar refractivity (Wildman–Crippen MR) is 133 cm³/mol. The topological polar surface area (TPSA) is 77.0 Å². The summed E-state index contributed by atoms with van der Waals surface area (Å²) in [5.41, 5.74) is 3.18. The number of ether oxygens (including phenoxy) is 2. The standard InChI is InChI=1S/C26H18Cl2N2O4/c27-18-7-5-8-19(14-18)33-16-25(31)30-29-15-22-20-9-2-1-6-17(20)12-13-24(22)34-26(32)21-10-3-4-11-23(21)28/h1-15H,16H2,(H,30,31)/b29-15-. The molecule has 1 amide bonds. The van der Waals surface area contributed by atoms with Crippen molar-refractivity contribution < 1.29 is 19.1 Å². The van der Waals surface area contributed by atoms with Crippen LogP contribution in [-0.2, 0) is 4.79 Å². The van der Waals surface area contributed by atoms with Crippen LogP contribution >= 0.6 is 23.2 Å². The van der Waals surface area contributed by atoms with Gasteiger partial charge < -0.3 is 9.47 Å². The molecule has 0 unspecified atom stereocenters. The largest absolute Gasteiger partial charge is 0.484 e. The predicted octanol–water partition coefficient (Wildman–Crippen LogP) is 5.89. The van der Waals surface area contributed by atoms with E-state index in [4.69, 9.17) is 32.7 Å². The van der Waals surface area contributed by atoms with Crippen molar-refractivity contribution in [2.45, 2.75) is 0 Å². The van der Waals surface area contributed by atoms with Crippen molar-refractivity contribution in [2.24, 2.45) is 5.10 Å². The Morgan fingerprint density at radius 3 is 2.53 bits per heavy atom. The molecule has 1 N–H and O–H groups in total. The third-order valence-corrected chi connectivity index (χ3v) is 5.34. The van der Waals surface area contributed by atoms with Crippen molar-refractivity contribution in [3.63, 3.8) is 0 Å². The van der Waals surface area contributed by atoms with E-state index in [1.807, 2.05) is 30.3 Å². The van der Waals surface area contributed by atoms with Gasteiger partial charge in [-0.3, -0.25) is 4.79 Å². The lowest BCUT2D eigenvalue weighted by atomic mass is 10.0. The van der Waals surface area contributed by atoms with Gasteiger partial charge in [0.2, 0.25) is 0 Å². The summed E-state index contributed by atoms with van der Waals surface area (Å²) in [6, 6.07) is 24.4. The molecule has 0 spiro atoms. The molecule has 170 valence electrons. The lowest BCUT2D eigenvalue weighted by Gasteiger charge is -2.11. The highest BCUT2D eigenvalue weighted by Gasteiger charge is 2.15. The maximum atomic E-state index is 12.7. The van der Waals surface area contributed by atoms with Gasteiger partial charge in [0.1, 0.15) is 11.5 Å². The van der Waals surface area contributed by atoms with Gasteiger partial charge in [-0.15, -0.1) is 0 Å². The molecule has 34 heavy (non-hydrogen) atoms. The first-order valence-electron chi connectivity index (χ1n) is 10.2. The Balaban J connectivity index is 1.52. The van der Waals surface area contributed by atoms with Crippen molar-refractivity contribution >= 4 is 52.1 Å². The number of fused-ring (bicyclic) bond motifs is 1. The van der Waals surface area contributed by atoms with Gasteiger partial charge in [0, 0.05) is 10.6 Å². The first kappa shape index (κ1) is 23.3. The minimum absolute atomic E-state index is 0.242. The monoisotopic (exact) mass is 492 g/mol. The number of carbonyl (C=O) groups excluding carboxylic acids is 2. The molecule has 6 nitrogen and oxygen atoms in total. The third kappa shape index (κ3) is 5.73. The SMILES string of the molecule is O=C(COc1cccc(Cl)c1)N/N=C\c1c(OC(=O)c2ccccc2Cl)ccc2ccccc12. The number of benzene rings is 4. The average Bonchev–Trinajstić information content (AvgIpc) is 2.84. The number of hydrazone groups is 1. The molecule has 4 rings (SSSR count). The molecule has 0 aliphatic heterocycles. The number of hydrogen-bond acceptors (Lipinski definition) is 5. The Morgan fingerprint density at radius 2 is 1.71 bits per heavy atom. The Kier molecular flexibility index (Phi) is 7.42. The molecular formula is C26H18Cl2N2O4. The second-order valence-corrected chi connectivity index (χ2v) is 7.95. The van der Waals surface area contributed by atoms with E-state index in [0.29, 0.717) is 16.3 Å². The highest BCUT2D eigenvalue weighted by molar-refractivity contribution is 6.33. The molecule has 4 aromatic carbocycles. The number of amides is 1. The van der Waals surface area contributed by atoms with Crippen LogP contribution in [0.1, 0.15) is 15.9 Å². The molecule has 0 radical (unpaired) electrons. The van der Waals surface area contributed by atoms with E-state index in [1.165, 1.54) is 6.21 Å². The number of halogens is 2. The number of esters is 1. The molecule has 4 aromatic rings. The van der Waals surface area contributed by atoms with Crippen LogP contribution in [0, 0.1) is 0 Å². The van der Waals surface area contributed by atoms with Crippen molar-refractivity contribution in [1.82, 2.24) is 5.43 Å². The second-order valence-electron chi connectivity index (χ2n) is 7.11. The quantitative estimate of drug-likeness (QED) is 0.151. The zero-order valence-electron chi connectivity index (χ0n) is 17.7. The number of hydrogen-bond donors (Lipinski definition) is 1. The minimum atomic E-state index is -0.602. The summed E-state index contributed by atoms with van der Waals surface area (Å²) in [5.74, 6) is -0.327. The Bertz CT molecular complexity index is 1390. The molecule has 0 aromatic heterocycles. The van der Waals surface area contributed by atoms with Crippen LogP contribution in [0.25, 0.3) is 10.8 Å². The number of nitrogens with zero attached hydrogens (tertiary/aromatic N) is 1. The summed E-state index contributed by atoms with van der Waals surface area (Å²) in [4.78, 5) is 24.9. The van der Waals surface area contributed by atoms with Crippen LogP contribution in [0.2, 0.25) is 10.0 Å². The lowest BCUT2D eigenvalue weighted by molar-refractivity contribution is -0.123. The smallest absolute Gasteiger partial charge is 0.345 e. The maximum absolute atomic E-state index is 12.7. The molecular weight excluding hydrogens is 475 g/mol. The lowest BCUT2D eigenvalue weighted by Crippen LogP contribution is -2.24. The van der Waals surface area contributed by atoms with E-state index < -0.39 is 11.9 Å². The molecule has 0 fully saturated rings. The van der Waals surface area contributed by atoms with E-state index in [0.717, 1.165) is 10.8 Å². The summed E-state index contributed by atoms with van der Waals surface area (Å²) >= 11 is 12.0. The number of rotatable bonds is 7. The summed E-state index contributed by atoms with van der Waals surface area (Å²) < 4.78 is 11.0. The van der Waals surface area contributed by atoms with Crippen LogP contribution in [-0.4, -0.2) is 24.7 Å². The molecule has 0 heterocycles. The fourth-order valence-corrected chi connectivity index (χ4v) is 3.58. The van der Waals surface area contributed by atoms with Crippen LogP contribution in [0.4, 0.5) is 0 Å². The Labute approximate surface area is 205 Å². The summed E-state index contributed by atoms with van der Waals surface area (Å²) in [6.07, 6.45) is 1.43. The molecule has 0 atom stereocenters. The highest BCUT2D eigenvalue weighted by Crippen LogP contribution is 2.28. The molecule has 0 aliphatic carbocycles. The zero-order valence-corrected chi connectivity index (χ0v) is 19.2. The van der Waals surface area contributed by atoms with Gasteiger partial charge in [0.25, 0.3) is 5.91 Å². The third-order valence-electron chi connectivity index (χ3n) is 4.78. The minimum Gasteiger partial charge on any atom is -0.484 e. The normalized spacial score (nSPS) is 10.9. The van der Waals surface area contributed by atoms with E-state index in [1.54, 1.807) is 54.6 Å². The van der Waals surface area contributed by atoms with Gasteiger partial charge in [-0.1, -0.05) is 71.7 Å². The van der Waals surface area contributed by atoms with Gasteiger partial charge in [-0.25, -0.2) is 10.2 Å². The number of nitrogens with one attached hydrogen (secondary N) is 1. The fraction of sp³-hybridized carbons (Fsp3) is 0.0385. The van der Waals surface area contributed by atoms with E-state index in [2.05, 4.69) is 10.5 Å². The van der Waals surface area contributed by atoms with Crippen molar-refractivity contribution in [3.05, 3.63) is 106 Å². The van der Waals surface area contributed by atoms with E-state index in [-0.39, 0.29) is 22.9 Å². The van der Waals surface area contributed by atoms with Crippen LogP contribution < -0.4 is 14.9 Å². The van der Waals surface area contributed by atoms with Crippen molar-refractivity contribution in [1.29, 1.82) is 0 Å². The van der Waals surface area contributed by atoms with Crippen LogP contribution in [0.15, 0.2) is 90.0 Å². The fourth-order valence-electron chi connectivity index (χ4n) is 3.19. The van der Waals surface area contributed by atoms with Crippen LogP contribution in [0.3, 0.4) is 0 Å². The van der Waals surface area contributed by atoms with Gasteiger partial charge in [-0.05, 0) is 47.2 Å². The summed E-state index contributed by atoms with van der Waals surface area (Å²) in [6.45, 7) is -0.248. The van der Waals surface area contributed by atoms with E-state index in [9.17, 15) is 9.59 Å². The number of carbonyl (C=O) groups is 2. The first-order valence-corrected chi connectivity index (χ1v) is 11.0. The van der Waals surface area contributed by atoms with Crippen molar-refractivity contribution in [3.8, 4) is 11.5 Å². The van der Waals surface area contributed by atoms with Gasteiger partial charge in [-0.2, -0.15) is 5.10 Å². The Morgan fingerprint density at radius 1 is 0.912 bits per heavy atom. The molecule has 0 bridgehead atoms. The Hall–Kier alpha value is -3.87. The highest BCUT2D eigenvalue weighted by atomic mass is 35.5. The first-order chi connectivity index (χ1) is 16.5. The zero-order chi connectivity index (χ0) is 23.9. The maximum Gasteiger partial charge on any atom is 0.345 e. The second kappa shape index (κ2) is 10.8. The van der Waals surface area contributed by atoms with Crippen molar-refractivity contribution in [2.75, 3.05) is 6.61 Å². The van der Waals surface area contributed by atoms with Gasteiger partial charge in [0.05, 0.1) is 16.8 Å². The average molecular weight is 493 g/mol.